The molecule has 1 aromatic rings. The molecule has 0 aromatic heterocycles. The second-order valence-electron chi connectivity index (χ2n) is 5.76. The van der Waals surface area contributed by atoms with Crippen LogP contribution in [0.3, 0.4) is 0 Å². The summed E-state index contributed by atoms with van der Waals surface area (Å²) in [6.45, 7) is -0.176. The molecule has 3 N–H and O–H groups in total. The molecule has 23 heavy (non-hydrogen) atoms. The van der Waals surface area contributed by atoms with Gasteiger partial charge in [0.05, 0.1) is 24.7 Å². The fraction of sp³-hybridized carbons (Fsp3) is 0.412. The van der Waals surface area contributed by atoms with E-state index in [4.69, 9.17) is 4.74 Å². The summed E-state index contributed by atoms with van der Waals surface area (Å²) in [7, 11) is 1.25. The molecule has 0 amide bonds. The summed E-state index contributed by atoms with van der Waals surface area (Å²) in [5, 5.41) is 28.6. The molecule has 6 heteroatoms. The number of esters is 1. The van der Waals surface area contributed by atoms with Crippen molar-refractivity contribution in [3.8, 4) is 11.5 Å². The van der Waals surface area contributed by atoms with Gasteiger partial charge in [0.25, 0.3) is 0 Å². The SMILES string of the molecule is COC(=O)[C@]1(CC(=O)c2cc(O)ccc2O)C=C(CO)CCC1. The van der Waals surface area contributed by atoms with Gasteiger partial charge in [0.2, 0.25) is 0 Å². The van der Waals surface area contributed by atoms with Gasteiger partial charge in [-0.15, -0.1) is 0 Å². The van der Waals surface area contributed by atoms with E-state index < -0.39 is 17.2 Å². The number of Topliss-reactive ketones (excluding diaryl/α,β-unsaturated/α-hetero) is 1. The first kappa shape index (κ1) is 17.0. The second-order valence-corrected chi connectivity index (χ2v) is 5.76. The molecule has 0 heterocycles. The maximum absolute atomic E-state index is 12.5. The van der Waals surface area contributed by atoms with Crippen molar-refractivity contribution in [2.24, 2.45) is 5.41 Å². The van der Waals surface area contributed by atoms with Crippen LogP contribution in [0, 0.1) is 5.41 Å². The van der Waals surface area contributed by atoms with Crippen molar-refractivity contribution in [1.82, 2.24) is 0 Å². The standard InChI is InChI=1S/C17H20O6/c1-23-16(22)17(6-2-3-11(8-17)10-18)9-15(21)13-7-12(19)4-5-14(13)20/h4-5,7-8,18-20H,2-3,6,9-10H2,1H3/t17-/m0/s1. The molecule has 0 radical (unpaired) electrons. The normalized spacial score (nSPS) is 20.7. The number of aliphatic hydroxyl groups is 1. The summed E-state index contributed by atoms with van der Waals surface area (Å²) in [4.78, 5) is 24.8. The highest BCUT2D eigenvalue weighted by atomic mass is 16.5. The maximum Gasteiger partial charge on any atom is 0.316 e. The van der Waals surface area contributed by atoms with E-state index >= 15 is 0 Å². The van der Waals surface area contributed by atoms with Crippen LogP contribution >= 0.6 is 0 Å². The first-order valence-corrected chi connectivity index (χ1v) is 7.37. The maximum atomic E-state index is 12.5. The number of rotatable bonds is 5. The van der Waals surface area contributed by atoms with Crippen LogP contribution in [0.2, 0.25) is 0 Å². The Balaban J connectivity index is 2.37. The number of phenolic OH excluding ortho intramolecular Hbond substituents is 2. The first-order valence-electron chi connectivity index (χ1n) is 7.37. The number of hydrogen-bond acceptors (Lipinski definition) is 6. The molecule has 0 spiro atoms. The van der Waals surface area contributed by atoms with Crippen LogP contribution in [0.4, 0.5) is 0 Å². The fourth-order valence-electron chi connectivity index (χ4n) is 3.00. The number of hydrogen-bond donors (Lipinski definition) is 3. The number of ketones is 1. The molecule has 6 nitrogen and oxygen atoms in total. The lowest BCUT2D eigenvalue weighted by atomic mass is 9.72. The minimum absolute atomic E-state index is 0.0437. The zero-order chi connectivity index (χ0) is 17.0. The van der Waals surface area contributed by atoms with Crippen molar-refractivity contribution >= 4 is 11.8 Å². The summed E-state index contributed by atoms with van der Waals surface area (Å²) >= 11 is 0. The van der Waals surface area contributed by atoms with E-state index in [1.807, 2.05) is 0 Å². The Labute approximate surface area is 134 Å². The van der Waals surface area contributed by atoms with Crippen LogP contribution in [0.5, 0.6) is 11.5 Å². The monoisotopic (exact) mass is 320 g/mol. The second kappa shape index (κ2) is 6.83. The van der Waals surface area contributed by atoms with E-state index in [1.165, 1.54) is 25.3 Å². The fourth-order valence-corrected chi connectivity index (χ4v) is 3.00. The van der Waals surface area contributed by atoms with Crippen LogP contribution in [0.1, 0.15) is 36.0 Å². The number of methoxy groups -OCH3 is 1. The van der Waals surface area contributed by atoms with E-state index in [2.05, 4.69) is 0 Å². The van der Waals surface area contributed by atoms with E-state index in [0.717, 1.165) is 0 Å². The lowest BCUT2D eigenvalue weighted by Gasteiger charge is -2.32. The third-order valence-corrected chi connectivity index (χ3v) is 4.15. The van der Waals surface area contributed by atoms with Gasteiger partial charge in [0.15, 0.2) is 5.78 Å². The van der Waals surface area contributed by atoms with Gasteiger partial charge in [-0.25, -0.2) is 0 Å². The minimum Gasteiger partial charge on any atom is -0.508 e. The van der Waals surface area contributed by atoms with Gasteiger partial charge in [0, 0.05) is 6.42 Å². The molecule has 0 saturated heterocycles. The molecule has 0 fully saturated rings. The Kier molecular flexibility index (Phi) is 5.05. The molecule has 1 aliphatic rings. The zero-order valence-electron chi connectivity index (χ0n) is 12.9. The lowest BCUT2D eigenvalue weighted by Crippen LogP contribution is -2.35. The van der Waals surface area contributed by atoms with Crippen LogP contribution in [-0.4, -0.2) is 40.8 Å². The Bertz CT molecular complexity index is 648. The largest absolute Gasteiger partial charge is 0.508 e. The van der Waals surface area contributed by atoms with E-state index in [0.29, 0.717) is 24.8 Å². The van der Waals surface area contributed by atoms with Gasteiger partial charge in [-0.1, -0.05) is 6.08 Å². The quantitative estimate of drug-likeness (QED) is 0.331. The van der Waals surface area contributed by atoms with Gasteiger partial charge in [0.1, 0.15) is 11.5 Å². The van der Waals surface area contributed by atoms with E-state index in [1.54, 1.807) is 6.08 Å². The molecule has 124 valence electrons. The first-order chi connectivity index (χ1) is 10.9. The smallest absolute Gasteiger partial charge is 0.316 e. The van der Waals surface area contributed by atoms with Crippen molar-refractivity contribution < 1.29 is 29.6 Å². The predicted octanol–water partition coefficient (Wildman–Crippen LogP) is 1.93. The highest BCUT2D eigenvalue weighted by molar-refractivity contribution is 6.02. The van der Waals surface area contributed by atoms with Gasteiger partial charge >= 0.3 is 5.97 Å². The number of aromatic hydroxyl groups is 2. The van der Waals surface area contributed by atoms with Crippen molar-refractivity contribution in [2.75, 3.05) is 13.7 Å². The number of carbonyl (C=O) groups is 2. The average molecular weight is 320 g/mol. The van der Waals surface area contributed by atoms with Gasteiger partial charge < -0.3 is 20.1 Å². The summed E-state index contributed by atoms with van der Waals surface area (Å²) in [6.07, 6.45) is 3.16. The highest BCUT2D eigenvalue weighted by Crippen LogP contribution is 2.40. The Hall–Kier alpha value is -2.34. The summed E-state index contributed by atoms with van der Waals surface area (Å²) in [6, 6.07) is 3.66. The van der Waals surface area contributed by atoms with Crippen LogP contribution in [0.25, 0.3) is 0 Å². The third kappa shape index (κ3) is 3.53. The molecule has 1 aromatic carbocycles. The Morgan fingerprint density at radius 1 is 1.30 bits per heavy atom. The van der Waals surface area contributed by atoms with E-state index in [-0.39, 0.29) is 30.1 Å². The highest BCUT2D eigenvalue weighted by Gasteiger charge is 2.41. The van der Waals surface area contributed by atoms with E-state index in [9.17, 15) is 24.9 Å². The number of ether oxygens (including phenoxy) is 1. The Morgan fingerprint density at radius 3 is 2.70 bits per heavy atom. The number of aliphatic hydroxyl groups excluding tert-OH is 1. The molecule has 0 aliphatic heterocycles. The van der Waals surface area contributed by atoms with Gasteiger partial charge in [-0.05, 0) is 43.0 Å². The van der Waals surface area contributed by atoms with Crippen molar-refractivity contribution in [3.63, 3.8) is 0 Å². The van der Waals surface area contributed by atoms with Crippen molar-refractivity contribution in [2.45, 2.75) is 25.7 Å². The molecular formula is C17H20O6. The minimum atomic E-state index is -1.15. The molecule has 0 unspecified atom stereocenters. The molecule has 0 saturated carbocycles. The third-order valence-electron chi connectivity index (χ3n) is 4.15. The Morgan fingerprint density at radius 2 is 2.04 bits per heavy atom. The predicted molar refractivity (Wildman–Crippen MR) is 82.2 cm³/mol. The molecule has 2 rings (SSSR count). The summed E-state index contributed by atoms with van der Waals surface area (Å²) in [5.74, 6) is -1.42. The molecule has 0 bridgehead atoms. The van der Waals surface area contributed by atoms with Crippen molar-refractivity contribution in [3.05, 3.63) is 35.4 Å². The topological polar surface area (TPSA) is 104 Å². The number of carbonyl (C=O) groups excluding carboxylic acids is 2. The van der Waals surface area contributed by atoms with Crippen molar-refractivity contribution in [1.29, 1.82) is 0 Å². The molecular weight excluding hydrogens is 300 g/mol. The van der Waals surface area contributed by atoms with Crippen LogP contribution < -0.4 is 0 Å². The summed E-state index contributed by atoms with van der Waals surface area (Å²) < 4.78 is 4.85. The lowest BCUT2D eigenvalue weighted by molar-refractivity contribution is -0.150. The van der Waals surface area contributed by atoms with Gasteiger partial charge in [-0.3, -0.25) is 9.59 Å². The number of phenols is 2. The number of benzene rings is 1. The van der Waals surface area contributed by atoms with Crippen LogP contribution in [-0.2, 0) is 9.53 Å². The molecule has 1 atom stereocenters. The zero-order valence-corrected chi connectivity index (χ0v) is 12.9. The van der Waals surface area contributed by atoms with Gasteiger partial charge in [-0.2, -0.15) is 0 Å². The summed E-state index contributed by atoms with van der Waals surface area (Å²) in [5.41, 5.74) is -0.507. The van der Waals surface area contributed by atoms with Crippen LogP contribution in [0.15, 0.2) is 29.8 Å². The molecule has 1 aliphatic carbocycles. The average Bonchev–Trinajstić information content (AvgIpc) is 2.56.